The molecule has 0 aliphatic heterocycles. The summed E-state index contributed by atoms with van der Waals surface area (Å²) < 4.78 is 30.4. The molecular weight excluding hydrogens is 238 g/mol. The van der Waals surface area contributed by atoms with Crippen molar-refractivity contribution in [1.82, 2.24) is 4.72 Å². The van der Waals surface area contributed by atoms with E-state index in [1.54, 1.807) is 6.07 Å². The Hall–Kier alpha value is -0.780. The van der Waals surface area contributed by atoms with Crippen LogP contribution in [0.1, 0.15) is 6.92 Å². The summed E-state index contributed by atoms with van der Waals surface area (Å²) in [5.41, 5.74) is 0. The van der Waals surface area contributed by atoms with Crippen LogP contribution in [-0.2, 0) is 10.0 Å². The molecule has 0 aliphatic carbocycles. The highest BCUT2D eigenvalue weighted by Crippen LogP contribution is 2.25. The summed E-state index contributed by atoms with van der Waals surface area (Å²) in [5.74, 6) is 0.482. The van der Waals surface area contributed by atoms with Gasteiger partial charge in [-0.2, -0.15) is 0 Å². The number of hydrogen-bond acceptors (Lipinski definition) is 3. The zero-order chi connectivity index (χ0) is 11.5. The Morgan fingerprint density at radius 1 is 1.47 bits per heavy atom. The Kier molecular flexibility index (Phi) is 3.96. The normalized spacial score (nSPS) is 11.4. The van der Waals surface area contributed by atoms with E-state index in [0.717, 1.165) is 0 Å². The van der Waals surface area contributed by atoms with E-state index in [4.69, 9.17) is 16.3 Å². The first kappa shape index (κ1) is 12.3. The molecule has 0 spiro atoms. The molecular formula is C9H12ClNO3S. The van der Waals surface area contributed by atoms with E-state index in [2.05, 4.69) is 4.72 Å². The Balaban J connectivity index is 3.23. The maximum Gasteiger partial charge on any atom is 0.241 e. The monoisotopic (exact) mass is 249 g/mol. The summed E-state index contributed by atoms with van der Waals surface area (Å²) in [5, 5.41) is 0.174. The fraction of sp³-hybridized carbons (Fsp3) is 0.333. The molecule has 4 nitrogen and oxygen atoms in total. The molecule has 0 saturated carbocycles. The van der Waals surface area contributed by atoms with Gasteiger partial charge in [-0.15, -0.1) is 0 Å². The van der Waals surface area contributed by atoms with Crippen molar-refractivity contribution in [2.45, 2.75) is 11.8 Å². The Bertz CT molecular complexity index is 445. The van der Waals surface area contributed by atoms with Crippen molar-refractivity contribution in [1.29, 1.82) is 0 Å². The van der Waals surface area contributed by atoms with Crippen LogP contribution in [-0.4, -0.2) is 22.1 Å². The predicted molar refractivity (Wildman–Crippen MR) is 58.9 cm³/mol. The number of hydrogen-bond donors (Lipinski definition) is 1. The Morgan fingerprint density at radius 2 is 2.13 bits per heavy atom. The fourth-order valence-corrected chi connectivity index (χ4v) is 2.29. The van der Waals surface area contributed by atoms with Gasteiger partial charge < -0.3 is 4.74 Å². The average Bonchev–Trinajstić information content (AvgIpc) is 2.21. The van der Waals surface area contributed by atoms with Gasteiger partial charge in [-0.25, -0.2) is 13.1 Å². The lowest BCUT2D eigenvalue weighted by atomic mass is 10.3. The highest BCUT2D eigenvalue weighted by atomic mass is 35.5. The molecule has 0 saturated heterocycles. The minimum absolute atomic E-state index is 0.0256. The molecule has 0 atom stereocenters. The number of nitrogens with one attached hydrogen (secondary N) is 1. The van der Waals surface area contributed by atoms with Crippen LogP contribution >= 0.6 is 11.6 Å². The van der Waals surface area contributed by atoms with Gasteiger partial charge in [0.1, 0.15) is 10.6 Å². The van der Waals surface area contributed by atoms with Crippen LogP contribution in [0.2, 0.25) is 5.02 Å². The molecule has 1 rings (SSSR count). The summed E-state index contributed by atoms with van der Waals surface area (Å²) in [4.78, 5) is 0.0256. The molecule has 1 N–H and O–H groups in total. The predicted octanol–water partition coefficient (Wildman–Crippen LogP) is 1.65. The van der Waals surface area contributed by atoms with Gasteiger partial charge in [-0.1, -0.05) is 11.6 Å². The molecule has 0 unspecified atom stereocenters. The van der Waals surface area contributed by atoms with Crippen molar-refractivity contribution in [3.8, 4) is 5.75 Å². The van der Waals surface area contributed by atoms with Crippen LogP contribution in [0.3, 0.4) is 0 Å². The molecule has 1 aromatic rings. The van der Waals surface area contributed by atoms with Crippen molar-refractivity contribution in [3.05, 3.63) is 23.2 Å². The third-order valence-electron chi connectivity index (χ3n) is 1.77. The van der Waals surface area contributed by atoms with E-state index in [1.165, 1.54) is 19.2 Å². The molecule has 0 aliphatic rings. The van der Waals surface area contributed by atoms with Gasteiger partial charge in [-0.05, 0) is 26.1 Å². The van der Waals surface area contributed by atoms with Crippen LogP contribution in [0.15, 0.2) is 23.1 Å². The lowest BCUT2D eigenvalue weighted by Crippen LogP contribution is -2.19. The van der Waals surface area contributed by atoms with Gasteiger partial charge in [0.05, 0.1) is 11.6 Å². The first-order valence-corrected chi connectivity index (χ1v) is 6.23. The quantitative estimate of drug-likeness (QED) is 0.883. The van der Waals surface area contributed by atoms with Gasteiger partial charge >= 0.3 is 0 Å². The van der Waals surface area contributed by atoms with Gasteiger partial charge in [-0.3, -0.25) is 0 Å². The molecule has 1 aromatic carbocycles. The topological polar surface area (TPSA) is 55.4 Å². The van der Waals surface area contributed by atoms with Crippen LogP contribution in [0, 0.1) is 0 Å². The SMILES string of the molecule is CCOc1ccc(Cl)c(S(=O)(=O)NC)c1. The number of rotatable bonds is 4. The second-order valence-corrected chi connectivity index (χ2v) is 4.99. The highest BCUT2D eigenvalue weighted by Gasteiger charge is 2.16. The number of halogens is 1. The summed E-state index contributed by atoms with van der Waals surface area (Å²) >= 11 is 5.78. The van der Waals surface area contributed by atoms with Gasteiger partial charge in [0, 0.05) is 6.07 Å². The largest absolute Gasteiger partial charge is 0.494 e. The highest BCUT2D eigenvalue weighted by molar-refractivity contribution is 7.89. The zero-order valence-electron chi connectivity index (χ0n) is 8.45. The van der Waals surface area contributed by atoms with Crippen LogP contribution < -0.4 is 9.46 Å². The number of ether oxygens (including phenoxy) is 1. The molecule has 0 fully saturated rings. The van der Waals surface area contributed by atoms with Crippen LogP contribution in [0.25, 0.3) is 0 Å². The second-order valence-electron chi connectivity index (χ2n) is 2.73. The average molecular weight is 250 g/mol. The van der Waals surface area contributed by atoms with E-state index in [1.807, 2.05) is 6.92 Å². The van der Waals surface area contributed by atoms with E-state index < -0.39 is 10.0 Å². The Labute approximate surface area is 94.3 Å². The van der Waals surface area contributed by atoms with Crippen molar-refractivity contribution < 1.29 is 13.2 Å². The summed E-state index contributed by atoms with van der Waals surface area (Å²) in [6, 6.07) is 4.52. The Morgan fingerprint density at radius 3 is 2.67 bits per heavy atom. The van der Waals surface area contributed by atoms with Crippen LogP contribution in [0.5, 0.6) is 5.75 Å². The number of sulfonamides is 1. The third-order valence-corrected chi connectivity index (χ3v) is 3.67. The van der Waals surface area contributed by atoms with Crippen LogP contribution in [0.4, 0.5) is 0 Å². The summed E-state index contributed by atoms with van der Waals surface area (Å²) in [7, 11) is -2.20. The van der Waals surface area contributed by atoms with Crippen molar-refractivity contribution in [2.24, 2.45) is 0 Å². The second kappa shape index (κ2) is 4.83. The molecule has 0 amide bonds. The first-order valence-electron chi connectivity index (χ1n) is 4.37. The lowest BCUT2D eigenvalue weighted by Gasteiger charge is -2.08. The molecule has 84 valence electrons. The molecule has 0 radical (unpaired) electrons. The molecule has 15 heavy (non-hydrogen) atoms. The van der Waals surface area contributed by atoms with E-state index in [0.29, 0.717) is 12.4 Å². The minimum Gasteiger partial charge on any atom is -0.494 e. The molecule has 6 heteroatoms. The summed E-state index contributed by atoms with van der Waals surface area (Å²) in [6.45, 7) is 2.29. The maximum absolute atomic E-state index is 11.5. The van der Waals surface area contributed by atoms with Crippen molar-refractivity contribution in [3.63, 3.8) is 0 Å². The summed E-state index contributed by atoms with van der Waals surface area (Å²) in [6.07, 6.45) is 0. The first-order chi connectivity index (χ1) is 7.01. The van der Waals surface area contributed by atoms with Gasteiger partial charge in [0.25, 0.3) is 0 Å². The zero-order valence-corrected chi connectivity index (χ0v) is 10.0. The maximum atomic E-state index is 11.5. The smallest absolute Gasteiger partial charge is 0.241 e. The van der Waals surface area contributed by atoms with E-state index >= 15 is 0 Å². The molecule has 0 bridgehead atoms. The molecule has 0 heterocycles. The van der Waals surface area contributed by atoms with E-state index in [9.17, 15) is 8.42 Å². The minimum atomic E-state index is -3.53. The van der Waals surface area contributed by atoms with Crippen molar-refractivity contribution >= 4 is 21.6 Å². The fourth-order valence-electron chi connectivity index (χ4n) is 1.06. The lowest BCUT2D eigenvalue weighted by molar-refractivity contribution is 0.339. The van der Waals surface area contributed by atoms with Gasteiger partial charge in [0.2, 0.25) is 10.0 Å². The standard InChI is InChI=1S/C9H12ClNO3S/c1-3-14-7-4-5-8(10)9(6-7)15(12,13)11-2/h4-6,11H,3H2,1-2H3. The molecule has 0 aromatic heterocycles. The number of benzene rings is 1. The van der Waals surface area contributed by atoms with Gasteiger partial charge in [0.15, 0.2) is 0 Å². The third kappa shape index (κ3) is 2.84. The van der Waals surface area contributed by atoms with E-state index in [-0.39, 0.29) is 9.92 Å². The van der Waals surface area contributed by atoms with Crippen molar-refractivity contribution in [2.75, 3.05) is 13.7 Å².